The molecule has 0 aromatic heterocycles. The van der Waals surface area contributed by atoms with Crippen molar-refractivity contribution in [1.29, 1.82) is 0 Å². The molecule has 0 radical (unpaired) electrons. The highest BCUT2D eigenvalue weighted by Gasteiger charge is 2.44. The number of rotatable bonds is 1. The van der Waals surface area contributed by atoms with Gasteiger partial charge in [-0.25, -0.2) is 0 Å². The number of ether oxygens (including phenoxy) is 1. The second-order valence-corrected chi connectivity index (χ2v) is 5.12. The molecule has 2 aliphatic rings. The minimum absolute atomic E-state index is 0.0945. The van der Waals surface area contributed by atoms with Crippen molar-refractivity contribution in [3.8, 4) is 0 Å². The summed E-state index contributed by atoms with van der Waals surface area (Å²) in [6.45, 7) is 9.07. The highest BCUT2D eigenvalue weighted by molar-refractivity contribution is 5.30. The molecule has 1 spiro atoms. The van der Waals surface area contributed by atoms with E-state index in [2.05, 4.69) is 32.7 Å². The molecule has 0 aromatic carbocycles. The topological polar surface area (TPSA) is 12.5 Å². The lowest BCUT2D eigenvalue weighted by molar-refractivity contribution is -0.0651. The number of hydrogen-bond donors (Lipinski definition) is 0. The molecule has 2 aliphatic heterocycles. The molecule has 0 amide bonds. The van der Waals surface area contributed by atoms with Gasteiger partial charge >= 0.3 is 0 Å². The molecule has 1 saturated heterocycles. The van der Waals surface area contributed by atoms with E-state index in [9.17, 15) is 0 Å². The van der Waals surface area contributed by atoms with Crippen LogP contribution in [0.2, 0.25) is 0 Å². The monoisotopic (exact) mass is 209 g/mol. The molecule has 1 fully saturated rings. The highest BCUT2D eigenvalue weighted by atomic mass is 16.5. The van der Waals surface area contributed by atoms with Crippen molar-refractivity contribution < 1.29 is 4.74 Å². The lowest BCUT2D eigenvalue weighted by Gasteiger charge is -2.39. The normalized spacial score (nSPS) is 31.6. The van der Waals surface area contributed by atoms with E-state index in [0.29, 0.717) is 6.10 Å². The summed E-state index contributed by atoms with van der Waals surface area (Å²) >= 11 is 0. The first-order valence-corrected chi connectivity index (χ1v) is 6.13. The van der Waals surface area contributed by atoms with Gasteiger partial charge in [0.2, 0.25) is 0 Å². The fourth-order valence-electron chi connectivity index (χ4n) is 2.91. The van der Waals surface area contributed by atoms with Gasteiger partial charge in [-0.15, -0.1) is 0 Å². The second kappa shape index (κ2) is 3.91. The van der Waals surface area contributed by atoms with E-state index < -0.39 is 0 Å². The fraction of sp³-hybridized carbons (Fsp3) is 0.846. The minimum atomic E-state index is 0.0945. The van der Waals surface area contributed by atoms with E-state index >= 15 is 0 Å². The smallest absolute Gasteiger partial charge is 0.0924 e. The first kappa shape index (κ1) is 11.2. The molecule has 0 saturated carbocycles. The summed E-state index contributed by atoms with van der Waals surface area (Å²) in [5.74, 6) is 0. The van der Waals surface area contributed by atoms with E-state index in [1.54, 1.807) is 0 Å². The van der Waals surface area contributed by atoms with Crippen molar-refractivity contribution in [2.24, 2.45) is 0 Å². The summed E-state index contributed by atoms with van der Waals surface area (Å²) in [6, 6.07) is 0. The van der Waals surface area contributed by atoms with Gasteiger partial charge in [-0.2, -0.15) is 0 Å². The van der Waals surface area contributed by atoms with Gasteiger partial charge in [-0.05, 0) is 51.3 Å². The summed E-state index contributed by atoms with van der Waals surface area (Å²) in [4.78, 5) is 2.40. The Labute approximate surface area is 93.3 Å². The Balaban J connectivity index is 2.18. The maximum Gasteiger partial charge on any atom is 0.0924 e. The standard InChI is InChI=1S/C13H23NO/c1-5-12-10(2)11(3)13(15-12)6-8-14(4)9-7-13/h12H,5-9H2,1-4H3. The van der Waals surface area contributed by atoms with Crippen molar-refractivity contribution in [3.63, 3.8) is 0 Å². The quantitative estimate of drug-likeness (QED) is 0.615. The van der Waals surface area contributed by atoms with Crippen LogP contribution in [0.15, 0.2) is 11.1 Å². The molecular formula is C13H23NO. The molecule has 1 unspecified atom stereocenters. The van der Waals surface area contributed by atoms with Gasteiger partial charge in [0.05, 0.1) is 11.7 Å². The Morgan fingerprint density at radius 2 is 1.93 bits per heavy atom. The Hall–Kier alpha value is -0.340. The number of piperidine rings is 1. The molecule has 2 heteroatoms. The van der Waals surface area contributed by atoms with Crippen molar-refractivity contribution in [2.75, 3.05) is 20.1 Å². The van der Waals surface area contributed by atoms with Crippen LogP contribution < -0.4 is 0 Å². The molecule has 2 heterocycles. The first-order chi connectivity index (χ1) is 7.09. The molecular weight excluding hydrogens is 186 g/mol. The van der Waals surface area contributed by atoms with Crippen LogP contribution in [-0.4, -0.2) is 36.7 Å². The molecule has 0 aromatic rings. The summed E-state index contributed by atoms with van der Waals surface area (Å²) in [5, 5.41) is 0. The van der Waals surface area contributed by atoms with Crippen LogP contribution in [0.5, 0.6) is 0 Å². The zero-order valence-electron chi connectivity index (χ0n) is 10.5. The molecule has 2 nitrogen and oxygen atoms in total. The predicted molar refractivity (Wildman–Crippen MR) is 63.0 cm³/mol. The molecule has 0 N–H and O–H groups in total. The third kappa shape index (κ3) is 1.74. The zero-order valence-corrected chi connectivity index (χ0v) is 10.5. The summed E-state index contributed by atoms with van der Waals surface area (Å²) < 4.78 is 6.31. The van der Waals surface area contributed by atoms with Gasteiger partial charge < -0.3 is 9.64 Å². The lowest BCUT2D eigenvalue weighted by atomic mass is 9.84. The Morgan fingerprint density at radius 1 is 1.33 bits per heavy atom. The van der Waals surface area contributed by atoms with Crippen LogP contribution in [-0.2, 0) is 4.74 Å². The Kier molecular flexibility index (Phi) is 2.91. The SMILES string of the molecule is CCC1OC2(CCN(C)CC2)C(C)=C1C. The average Bonchev–Trinajstić information content (AvgIpc) is 2.48. The zero-order chi connectivity index (χ0) is 11.1. The van der Waals surface area contributed by atoms with Crippen LogP contribution in [0.1, 0.15) is 40.0 Å². The van der Waals surface area contributed by atoms with Crippen molar-refractivity contribution in [1.82, 2.24) is 4.90 Å². The average molecular weight is 209 g/mol. The minimum Gasteiger partial charge on any atom is -0.363 e. The van der Waals surface area contributed by atoms with Crippen molar-refractivity contribution in [3.05, 3.63) is 11.1 Å². The van der Waals surface area contributed by atoms with Crippen molar-refractivity contribution >= 4 is 0 Å². The number of hydrogen-bond acceptors (Lipinski definition) is 2. The first-order valence-electron chi connectivity index (χ1n) is 6.13. The van der Waals surface area contributed by atoms with E-state index in [1.807, 2.05) is 0 Å². The summed E-state index contributed by atoms with van der Waals surface area (Å²) in [7, 11) is 2.20. The largest absolute Gasteiger partial charge is 0.363 e. The van der Waals surface area contributed by atoms with Gasteiger partial charge in [0.25, 0.3) is 0 Å². The summed E-state index contributed by atoms with van der Waals surface area (Å²) in [5.41, 5.74) is 3.10. The molecule has 1 atom stereocenters. The molecule has 0 aliphatic carbocycles. The molecule has 2 rings (SSSR count). The third-order valence-electron chi connectivity index (χ3n) is 4.29. The number of nitrogens with zero attached hydrogens (tertiary/aromatic N) is 1. The van der Waals surface area contributed by atoms with Crippen molar-refractivity contribution in [2.45, 2.75) is 51.7 Å². The fourth-order valence-corrected chi connectivity index (χ4v) is 2.91. The van der Waals surface area contributed by atoms with Crippen LogP contribution in [0.4, 0.5) is 0 Å². The van der Waals surface area contributed by atoms with E-state index in [4.69, 9.17) is 4.74 Å². The highest BCUT2D eigenvalue weighted by Crippen LogP contribution is 2.43. The molecule has 86 valence electrons. The van der Waals surface area contributed by atoms with Gasteiger partial charge in [-0.1, -0.05) is 6.92 Å². The van der Waals surface area contributed by atoms with E-state index in [0.717, 1.165) is 6.42 Å². The maximum absolute atomic E-state index is 6.31. The second-order valence-electron chi connectivity index (χ2n) is 5.12. The van der Waals surface area contributed by atoms with E-state index in [1.165, 1.54) is 37.1 Å². The summed E-state index contributed by atoms with van der Waals surface area (Å²) in [6.07, 6.45) is 3.83. The Bertz CT molecular complexity index is 274. The van der Waals surface area contributed by atoms with Gasteiger partial charge in [-0.3, -0.25) is 0 Å². The van der Waals surface area contributed by atoms with Gasteiger partial charge in [0.15, 0.2) is 0 Å². The predicted octanol–water partition coefficient (Wildman–Crippen LogP) is 2.60. The molecule has 15 heavy (non-hydrogen) atoms. The van der Waals surface area contributed by atoms with Crippen LogP contribution in [0.3, 0.4) is 0 Å². The number of likely N-dealkylation sites (tertiary alicyclic amines) is 1. The molecule has 0 bridgehead atoms. The van der Waals surface area contributed by atoms with Crippen LogP contribution in [0.25, 0.3) is 0 Å². The third-order valence-corrected chi connectivity index (χ3v) is 4.29. The van der Waals surface area contributed by atoms with Gasteiger partial charge in [0.1, 0.15) is 0 Å². The van der Waals surface area contributed by atoms with Crippen LogP contribution >= 0.6 is 0 Å². The lowest BCUT2D eigenvalue weighted by Crippen LogP contribution is -2.44. The Morgan fingerprint density at radius 3 is 2.40 bits per heavy atom. The maximum atomic E-state index is 6.31. The van der Waals surface area contributed by atoms with Crippen LogP contribution in [0, 0.1) is 0 Å². The van der Waals surface area contributed by atoms with E-state index in [-0.39, 0.29) is 5.60 Å². The van der Waals surface area contributed by atoms with Gasteiger partial charge in [0, 0.05) is 13.1 Å².